The lowest BCUT2D eigenvalue weighted by molar-refractivity contribution is -0.129. The van der Waals surface area contributed by atoms with E-state index in [9.17, 15) is 14.4 Å². The molecule has 1 fully saturated rings. The molecule has 3 amide bonds. The van der Waals surface area contributed by atoms with Gasteiger partial charge in [-0.1, -0.05) is 24.3 Å². The van der Waals surface area contributed by atoms with Crippen molar-refractivity contribution in [3.05, 3.63) is 87.7 Å². The van der Waals surface area contributed by atoms with E-state index in [2.05, 4.69) is 22.8 Å². The van der Waals surface area contributed by atoms with E-state index in [1.54, 1.807) is 35.6 Å². The minimum Gasteiger partial charge on any atom is -0.322 e. The lowest BCUT2D eigenvalue weighted by atomic mass is 10.00. The van der Waals surface area contributed by atoms with E-state index in [-0.39, 0.29) is 17.7 Å². The van der Waals surface area contributed by atoms with Crippen LogP contribution in [0, 0.1) is 0 Å². The van der Waals surface area contributed by atoms with E-state index < -0.39 is 0 Å². The maximum absolute atomic E-state index is 13.6. The Morgan fingerprint density at radius 3 is 2.44 bits per heavy atom. The molecule has 0 bridgehead atoms. The second kappa shape index (κ2) is 9.17. The van der Waals surface area contributed by atoms with Crippen LogP contribution in [0.15, 0.2) is 66.0 Å². The number of nitrogens with zero attached hydrogens (tertiary/aromatic N) is 2. The van der Waals surface area contributed by atoms with Crippen molar-refractivity contribution < 1.29 is 14.4 Å². The average molecular weight is 494 g/mol. The van der Waals surface area contributed by atoms with Gasteiger partial charge in [0.15, 0.2) is 0 Å². The smallest absolute Gasteiger partial charge is 0.256 e. The van der Waals surface area contributed by atoms with E-state index >= 15 is 0 Å². The molecule has 0 unspecified atom stereocenters. The predicted octanol–water partition coefficient (Wildman–Crippen LogP) is 6.08. The Kier molecular flexibility index (Phi) is 5.70. The highest BCUT2D eigenvalue weighted by atomic mass is 32.1. The number of aromatic nitrogens is 1. The maximum atomic E-state index is 13.6. The van der Waals surface area contributed by atoms with Gasteiger partial charge in [0.1, 0.15) is 0 Å². The standard InChI is InChI=1S/C29H23N3O3S/c33-25-8-3-9-26(34)32(25)20-13-11-19(12-14-20)30-29(35)27-22-6-1-2-7-24(22)31-28-18(10-15-23(27)28)17-21-5-4-16-36-21/h1-2,4-7,11-14,16-17H,3,8-10,15H2,(H,30,35). The predicted molar refractivity (Wildman–Crippen MR) is 143 cm³/mol. The normalized spacial score (nSPS) is 16.6. The summed E-state index contributed by atoms with van der Waals surface area (Å²) in [5.41, 5.74) is 5.57. The van der Waals surface area contributed by atoms with E-state index in [4.69, 9.17) is 4.98 Å². The van der Waals surface area contributed by atoms with E-state index in [1.807, 2.05) is 30.3 Å². The monoisotopic (exact) mass is 493 g/mol. The quantitative estimate of drug-likeness (QED) is 0.350. The molecule has 6 rings (SSSR count). The highest BCUT2D eigenvalue weighted by Crippen LogP contribution is 2.38. The second-order valence-corrected chi connectivity index (χ2v) is 9.97. The van der Waals surface area contributed by atoms with Crippen LogP contribution in [0.1, 0.15) is 52.2 Å². The summed E-state index contributed by atoms with van der Waals surface area (Å²) in [7, 11) is 0. The molecule has 1 aliphatic carbocycles. The fourth-order valence-corrected chi connectivity index (χ4v) is 5.69. The number of imide groups is 1. The molecule has 0 spiro atoms. The summed E-state index contributed by atoms with van der Waals surface area (Å²) in [5.74, 6) is -0.568. The Bertz CT molecular complexity index is 1520. The fraction of sp³-hybridized carbons (Fsp3) is 0.172. The Balaban J connectivity index is 1.34. The zero-order chi connectivity index (χ0) is 24.6. The van der Waals surface area contributed by atoms with Crippen LogP contribution in [0.5, 0.6) is 0 Å². The lowest BCUT2D eigenvalue weighted by Crippen LogP contribution is -2.40. The molecular weight excluding hydrogens is 470 g/mol. The first-order valence-electron chi connectivity index (χ1n) is 12.0. The van der Waals surface area contributed by atoms with Crippen LogP contribution in [-0.4, -0.2) is 22.7 Å². The fourth-order valence-electron chi connectivity index (χ4n) is 5.01. The number of allylic oxidation sites excluding steroid dienone is 1. The molecule has 2 aromatic carbocycles. The highest BCUT2D eigenvalue weighted by Gasteiger charge is 2.28. The largest absolute Gasteiger partial charge is 0.322 e. The number of amides is 3. The molecule has 36 heavy (non-hydrogen) atoms. The van der Waals surface area contributed by atoms with Crippen molar-refractivity contribution in [1.29, 1.82) is 0 Å². The van der Waals surface area contributed by atoms with Crippen molar-refractivity contribution >= 4 is 63.0 Å². The molecule has 0 atom stereocenters. The lowest BCUT2D eigenvalue weighted by Gasteiger charge is -2.25. The van der Waals surface area contributed by atoms with Crippen LogP contribution in [-0.2, 0) is 16.0 Å². The first kappa shape index (κ1) is 22.4. The van der Waals surface area contributed by atoms with Crippen LogP contribution in [0.4, 0.5) is 11.4 Å². The number of thiophene rings is 1. The van der Waals surface area contributed by atoms with Gasteiger partial charge in [-0.15, -0.1) is 11.3 Å². The minimum atomic E-state index is -0.194. The van der Waals surface area contributed by atoms with Crippen molar-refractivity contribution in [3.8, 4) is 0 Å². The van der Waals surface area contributed by atoms with Crippen LogP contribution in [0.25, 0.3) is 22.6 Å². The molecule has 2 aromatic heterocycles. The summed E-state index contributed by atoms with van der Waals surface area (Å²) in [4.78, 5) is 45.4. The van der Waals surface area contributed by atoms with Crippen LogP contribution in [0.2, 0.25) is 0 Å². The van der Waals surface area contributed by atoms with Crippen LogP contribution in [0.3, 0.4) is 0 Å². The number of para-hydroxylation sites is 1. The summed E-state index contributed by atoms with van der Waals surface area (Å²) < 4.78 is 0. The molecule has 1 aliphatic heterocycles. The summed E-state index contributed by atoms with van der Waals surface area (Å²) in [6, 6.07) is 18.7. The van der Waals surface area contributed by atoms with Gasteiger partial charge in [-0.3, -0.25) is 19.3 Å². The Labute approximate surface area is 212 Å². The number of pyridine rings is 1. The molecule has 1 N–H and O–H groups in total. The SMILES string of the molecule is O=C(Nc1ccc(N2C(=O)CCCC2=O)cc1)c1c2c(nc3ccccc13)C(=Cc1cccs1)CC2. The first-order chi connectivity index (χ1) is 17.6. The van der Waals surface area contributed by atoms with Crippen molar-refractivity contribution in [2.24, 2.45) is 0 Å². The average Bonchev–Trinajstić information content (AvgIpc) is 3.54. The van der Waals surface area contributed by atoms with Gasteiger partial charge in [-0.2, -0.15) is 0 Å². The third-order valence-corrected chi connectivity index (χ3v) is 7.51. The van der Waals surface area contributed by atoms with E-state index in [0.717, 1.165) is 40.6 Å². The van der Waals surface area contributed by atoms with Gasteiger partial charge < -0.3 is 5.32 Å². The Hall–Kier alpha value is -4.10. The second-order valence-electron chi connectivity index (χ2n) is 8.99. The van der Waals surface area contributed by atoms with Gasteiger partial charge >= 0.3 is 0 Å². The topological polar surface area (TPSA) is 79.4 Å². The molecule has 3 heterocycles. The summed E-state index contributed by atoms with van der Waals surface area (Å²) in [5, 5.41) is 5.90. The van der Waals surface area contributed by atoms with Crippen molar-refractivity contribution in [3.63, 3.8) is 0 Å². The number of piperidine rings is 1. The van der Waals surface area contributed by atoms with Crippen LogP contribution < -0.4 is 10.2 Å². The summed E-state index contributed by atoms with van der Waals surface area (Å²) in [6.45, 7) is 0. The maximum Gasteiger partial charge on any atom is 0.256 e. The summed E-state index contributed by atoms with van der Waals surface area (Å²) in [6.07, 6.45) is 5.09. The third-order valence-electron chi connectivity index (χ3n) is 6.69. The number of nitrogens with one attached hydrogen (secondary N) is 1. The molecule has 0 radical (unpaired) electrons. The highest BCUT2D eigenvalue weighted by molar-refractivity contribution is 7.10. The number of hydrogen-bond acceptors (Lipinski definition) is 5. The molecule has 0 saturated carbocycles. The zero-order valence-electron chi connectivity index (χ0n) is 19.5. The Morgan fingerprint density at radius 2 is 1.69 bits per heavy atom. The number of carbonyl (C=O) groups excluding carboxylic acids is 3. The van der Waals surface area contributed by atoms with Gasteiger partial charge in [-0.05, 0) is 78.3 Å². The molecule has 2 aliphatic rings. The molecule has 7 heteroatoms. The van der Waals surface area contributed by atoms with Crippen LogP contribution >= 0.6 is 11.3 Å². The number of rotatable bonds is 4. The minimum absolute atomic E-state index is 0.187. The number of fused-ring (bicyclic) bond motifs is 2. The van der Waals surface area contributed by atoms with Gasteiger partial charge in [0, 0.05) is 28.8 Å². The summed E-state index contributed by atoms with van der Waals surface area (Å²) >= 11 is 1.68. The van der Waals surface area contributed by atoms with Gasteiger partial charge in [0.2, 0.25) is 11.8 Å². The molecule has 6 nitrogen and oxygen atoms in total. The molecule has 1 saturated heterocycles. The van der Waals surface area contributed by atoms with Crippen molar-refractivity contribution in [2.75, 3.05) is 10.2 Å². The van der Waals surface area contributed by atoms with Crippen molar-refractivity contribution in [1.82, 2.24) is 4.98 Å². The van der Waals surface area contributed by atoms with Crippen molar-refractivity contribution in [2.45, 2.75) is 32.1 Å². The molecular formula is C29H23N3O3S. The Morgan fingerprint density at radius 1 is 0.917 bits per heavy atom. The number of benzene rings is 2. The first-order valence-corrected chi connectivity index (χ1v) is 12.9. The van der Waals surface area contributed by atoms with Gasteiger partial charge in [0.25, 0.3) is 5.91 Å². The van der Waals surface area contributed by atoms with Gasteiger partial charge in [0.05, 0.1) is 22.5 Å². The van der Waals surface area contributed by atoms with E-state index in [0.29, 0.717) is 36.2 Å². The number of hydrogen-bond donors (Lipinski definition) is 1. The zero-order valence-corrected chi connectivity index (χ0v) is 20.3. The third kappa shape index (κ3) is 4.01. The van der Waals surface area contributed by atoms with Gasteiger partial charge in [-0.25, -0.2) is 4.98 Å². The molecule has 4 aromatic rings. The number of carbonyl (C=O) groups is 3. The van der Waals surface area contributed by atoms with E-state index in [1.165, 1.54) is 9.78 Å². The molecule has 178 valence electrons. The number of anilines is 2.